The maximum atomic E-state index is 10.4. The van der Waals surface area contributed by atoms with Crippen LogP contribution in [0.4, 0.5) is 0 Å². The number of epoxide rings is 2. The van der Waals surface area contributed by atoms with Crippen molar-refractivity contribution < 1.29 is 29.3 Å². The number of hydrogen-bond donors (Lipinski definition) is 2. The molecule has 0 aromatic rings. The van der Waals surface area contributed by atoms with Crippen molar-refractivity contribution in [3.63, 3.8) is 0 Å². The Labute approximate surface area is 106 Å². The van der Waals surface area contributed by atoms with Crippen molar-refractivity contribution in [3.8, 4) is 0 Å². The fourth-order valence-electron chi connectivity index (χ4n) is 1.29. The highest BCUT2D eigenvalue weighted by Gasteiger charge is 2.50. The zero-order chi connectivity index (χ0) is 14.1. The van der Waals surface area contributed by atoms with Gasteiger partial charge in [0, 0.05) is 10.8 Å². The van der Waals surface area contributed by atoms with Crippen LogP contribution in [0.1, 0.15) is 27.7 Å². The number of aliphatic hydroxyl groups excluding tert-OH is 2. The van der Waals surface area contributed by atoms with Crippen molar-refractivity contribution in [3.05, 3.63) is 0 Å². The van der Waals surface area contributed by atoms with E-state index in [9.17, 15) is 9.59 Å². The van der Waals surface area contributed by atoms with E-state index in [1.54, 1.807) is 27.7 Å². The summed E-state index contributed by atoms with van der Waals surface area (Å²) in [5.41, 5.74) is -0.784. The number of ether oxygens (including phenoxy) is 2. The van der Waals surface area contributed by atoms with Crippen LogP contribution in [-0.4, -0.2) is 47.6 Å². The second-order valence-corrected chi connectivity index (χ2v) is 5.93. The van der Waals surface area contributed by atoms with E-state index in [1.807, 2.05) is 0 Å². The Morgan fingerprint density at radius 1 is 0.889 bits per heavy atom. The van der Waals surface area contributed by atoms with Crippen molar-refractivity contribution in [2.45, 2.75) is 39.9 Å². The normalized spacial score (nSPS) is 25.7. The van der Waals surface area contributed by atoms with Gasteiger partial charge in [0.2, 0.25) is 12.2 Å². The van der Waals surface area contributed by atoms with E-state index >= 15 is 0 Å². The van der Waals surface area contributed by atoms with E-state index in [0.717, 1.165) is 0 Å². The fourth-order valence-corrected chi connectivity index (χ4v) is 1.29. The van der Waals surface area contributed by atoms with Crippen LogP contribution in [0.5, 0.6) is 0 Å². The van der Waals surface area contributed by atoms with Crippen molar-refractivity contribution in [2.24, 2.45) is 10.8 Å². The second-order valence-electron chi connectivity index (χ2n) is 5.93. The van der Waals surface area contributed by atoms with Crippen LogP contribution < -0.4 is 0 Å². The summed E-state index contributed by atoms with van der Waals surface area (Å²) in [5.74, 6) is -0.400. The van der Waals surface area contributed by atoms with E-state index in [4.69, 9.17) is 10.2 Å². The average molecular weight is 260 g/mol. The highest BCUT2D eigenvalue weighted by molar-refractivity contribution is 5.88. The first-order chi connectivity index (χ1) is 8.15. The summed E-state index contributed by atoms with van der Waals surface area (Å²) in [6.07, 6.45) is -0.718. The first-order valence-corrected chi connectivity index (χ1v) is 5.78. The molecule has 2 rings (SSSR count). The van der Waals surface area contributed by atoms with Gasteiger partial charge in [-0.25, -0.2) is 9.59 Å². The van der Waals surface area contributed by atoms with Gasteiger partial charge in [-0.15, -0.1) is 0 Å². The third-order valence-corrected chi connectivity index (χ3v) is 3.02. The smallest absolute Gasteiger partial charge is 0.348 e. The van der Waals surface area contributed by atoms with Gasteiger partial charge in [0.15, 0.2) is 0 Å². The molecule has 0 aromatic carbocycles. The van der Waals surface area contributed by atoms with Crippen molar-refractivity contribution in [1.82, 2.24) is 0 Å². The van der Waals surface area contributed by atoms with Gasteiger partial charge in [-0.05, 0) is 0 Å². The molecule has 6 nitrogen and oxygen atoms in total. The van der Waals surface area contributed by atoms with Crippen molar-refractivity contribution >= 4 is 11.9 Å². The van der Waals surface area contributed by atoms with E-state index in [2.05, 4.69) is 9.47 Å². The lowest BCUT2D eigenvalue weighted by Gasteiger charge is -2.14. The first kappa shape index (κ1) is 14.9. The number of cyclic esters (lactones) is 2. The van der Waals surface area contributed by atoms with Crippen LogP contribution in [0.3, 0.4) is 0 Å². The van der Waals surface area contributed by atoms with Gasteiger partial charge in [-0.2, -0.15) is 0 Å². The van der Waals surface area contributed by atoms with Gasteiger partial charge in [0.25, 0.3) is 0 Å². The Morgan fingerprint density at radius 2 is 1.11 bits per heavy atom. The maximum Gasteiger partial charge on any atom is 0.348 e. The molecule has 2 aliphatic heterocycles. The standard InChI is InChI=1S/2C6H10O3/c2*1-6(2,3-7)4-5(8)9-4/h2*4,7H,3H2,1-2H3. The van der Waals surface area contributed by atoms with E-state index in [0.29, 0.717) is 0 Å². The van der Waals surface area contributed by atoms with Crippen LogP contribution in [-0.2, 0) is 19.1 Å². The molecule has 2 unspecified atom stereocenters. The van der Waals surface area contributed by atoms with Gasteiger partial charge >= 0.3 is 11.9 Å². The van der Waals surface area contributed by atoms with Crippen LogP contribution in [0, 0.1) is 10.8 Å². The quantitative estimate of drug-likeness (QED) is 0.682. The molecule has 6 heteroatoms. The minimum Gasteiger partial charge on any atom is -0.447 e. The monoisotopic (exact) mass is 260 g/mol. The third-order valence-electron chi connectivity index (χ3n) is 3.02. The maximum absolute atomic E-state index is 10.4. The Balaban J connectivity index is 0.000000180. The van der Waals surface area contributed by atoms with Crippen molar-refractivity contribution in [1.29, 1.82) is 0 Å². The van der Waals surface area contributed by atoms with E-state index in [1.165, 1.54) is 0 Å². The molecule has 0 radical (unpaired) electrons. The highest BCUT2D eigenvalue weighted by atomic mass is 16.6. The fraction of sp³-hybridized carbons (Fsp3) is 0.833. The Morgan fingerprint density at radius 3 is 1.17 bits per heavy atom. The summed E-state index contributed by atoms with van der Waals surface area (Å²) >= 11 is 0. The summed E-state index contributed by atoms with van der Waals surface area (Å²) < 4.78 is 9.15. The molecule has 0 bridgehead atoms. The van der Waals surface area contributed by atoms with E-state index in [-0.39, 0.29) is 37.4 Å². The number of rotatable bonds is 4. The Hall–Kier alpha value is -1.14. The molecule has 104 valence electrons. The summed E-state index contributed by atoms with van der Waals surface area (Å²) in [6, 6.07) is 0. The lowest BCUT2D eigenvalue weighted by atomic mass is 9.91. The predicted molar refractivity (Wildman–Crippen MR) is 61.5 cm³/mol. The summed E-state index contributed by atoms with van der Waals surface area (Å²) in [4.78, 5) is 20.7. The molecule has 2 fully saturated rings. The minimum absolute atomic E-state index is 0.0105. The molecule has 2 N–H and O–H groups in total. The molecular formula is C12H20O6. The van der Waals surface area contributed by atoms with Crippen molar-refractivity contribution in [2.75, 3.05) is 13.2 Å². The van der Waals surface area contributed by atoms with Crippen LogP contribution in [0.2, 0.25) is 0 Å². The summed E-state index contributed by atoms with van der Waals surface area (Å²) in [7, 11) is 0. The predicted octanol–water partition coefficient (Wildman–Crippen LogP) is -0.139. The molecule has 0 aromatic heterocycles. The zero-order valence-corrected chi connectivity index (χ0v) is 11.1. The molecule has 0 amide bonds. The van der Waals surface area contributed by atoms with Gasteiger partial charge in [0.05, 0.1) is 13.2 Å². The lowest BCUT2D eigenvalue weighted by molar-refractivity contribution is -0.118. The highest BCUT2D eigenvalue weighted by Crippen LogP contribution is 2.33. The minimum atomic E-state index is -0.392. The van der Waals surface area contributed by atoms with Gasteiger partial charge in [-0.1, -0.05) is 27.7 Å². The van der Waals surface area contributed by atoms with Gasteiger partial charge in [0.1, 0.15) is 0 Å². The SMILES string of the molecule is CC(C)(CO)C1OC1=O.CC(C)(CO)C1OC1=O. The lowest BCUT2D eigenvalue weighted by Crippen LogP contribution is -2.24. The topological polar surface area (TPSA) is 99.7 Å². The molecule has 0 aliphatic carbocycles. The molecule has 18 heavy (non-hydrogen) atoms. The third kappa shape index (κ3) is 3.43. The number of hydrogen-bond acceptors (Lipinski definition) is 6. The Kier molecular flexibility index (Phi) is 4.02. The van der Waals surface area contributed by atoms with Crippen LogP contribution >= 0.6 is 0 Å². The van der Waals surface area contributed by atoms with E-state index < -0.39 is 10.8 Å². The molecular weight excluding hydrogens is 240 g/mol. The second kappa shape index (κ2) is 4.85. The zero-order valence-electron chi connectivity index (χ0n) is 11.1. The largest absolute Gasteiger partial charge is 0.447 e. The van der Waals surface area contributed by atoms with Crippen LogP contribution in [0.25, 0.3) is 0 Å². The molecule has 2 saturated heterocycles. The molecule has 2 aliphatic rings. The summed E-state index contributed by atoms with van der Waals surface area (Å²) in [5, 5.41) is 17.4. The molecule has 2 atom stereocenters. The number of carbonyl (C=O) groups is 2. The molecule has 2 heterocycles. The molecule has 0 saturated carbocycles. The number of aliphatic hydroxyl groups is 2. The van der Waals surface area contributed by atoms with Gasteiger partial charge in [-0.3, -0.25) is 0 Å². The Bertz CT molecular complexity index is 312. The number of carbonyl (C=O) groups excluding carboxylic acids is 2. The van der Waals surface area contributed by atoms with Crippen LogP contribution in [0.15, 0.2) is 0 Å². The van der Waals surface area contributed by atoms with Gasteiger partial charge < -0.3 is 19.7 Å². The first-order valence-electron chi connectivity index (χ1n) is 5.78. The molecule has 0 spiro atoms. The average Bonchev–Trinajstić information content (AvgIpc) is 3.18. The summed E-state index contributed by atoms with van der Waals surface area (Å²) in [6.45, 7) is 7.16.